The van der Waals surface area contributed by atoms with E-state index >= 15 is 0 Å². The fraction of sp³-hybridized carbons (Fsp3) is 0.643. The van der Waals surface area contributed by atoms with Gasteiger partial charge in [-0.1, -0.05) is 6.07 Å². The van der Waals surface area contributed by atoms with E-state index in [1.165, 1.54) is 17.7 Å². The lowest BCUT2D eigenvalue weighted by molar-refractivity contribution is -0.128. The first-order valence-corrected chi connectivity index (χ1v) is 7.87. The maximum absolute atomic E-state index is 12.1. The van der Waals surface area contributed by atoms with Crippen LogP contribution in [-0.2, 0) is 4.79 Å². The number of carbonyl (C=O) groups excluding carboxylic acids is 1. The molecule has 104 valence electrons. The zero-order chi connectivity index (χ0) is 13.2. The van der Waals surface area contributed by atoms with Crippen molar-refractivity contribution in [2.45, 2.75) is 19.0 Å². The van der Waals surface area contributed by atoms with Crippen LogP contribution in [0.3, 0.4) is 0 Å². The molecule has 1 N–H and O–H groups in total. The van der Waals surface area contributed by atoms with Crippen molar-refractivity contribution < 1.29 is 4.79 Å². The second-order valence-corrected chi connectivity index (χ2v) is 6.57. The second kappa shape index (κ2) is 5.61. The van der Waals surface area contributed by atoms with Crippen molar-refractivity contribution in [3.8, 4) is 0 Å². The van der Waals surface area contributed by atoms with Crippen molar-refractivity contribution in [2.24, 2.45) is 5.92 Å². The second-order valence-electron chi connectivity index (χ2n) is 5.59. The van der Waals surface area contributed by atoms with E-state index in [2.05, 4.69) is 34.8 Å². The number of amides is 1. The summed E-state index contributed by atoms with van der Waals surface area (Å²) in [7, 11) is 2.17. The maximum Gasteiger partial charge on any atom is 0.238 e. The Hall–Kier alpha value is -0.910. The minimum Gasteiger partial charge on any atom is -0.321 e. The molecule has 19 heavy (non-hydrogen) atoms. The Bertz CT molecular complexity index is 426. The van der Waals surface area contributed by atoms with Gasteiger partial charge in [0.15, 0.2) is 0 Å². The highest BCUT2D eigenvalue weighted by Gasteiger charge is 2.34. The van der Waals surface area contributed by atoms with Crippen molar-refractivity contribution in [1.29, 1.82) is 0 Å². The molecule has 0 aliphatic carbocycles. The van der Waals surface area contributed by atoms with Crippen LogP contribution in [0.4, 0.5) is 0 Å². The zero-order valence-corrected chi connectivity index (χ0v) is 12.2. The van der Waals surface area contributed by atoms with E-state index in [4.69, 9.17) is 0 Å². The quantitative estimate of drug-likeness (QED) is 0.911. The van der Waals surface area contributed by atoms with E-state index in [0.29, 0.717) is 12.5 Å². The van der Waals surface area contributed by atoms with E-state index in [0.717, 1.165) is 19.6 Å². The average molecular weight is 279 g/mol. The summed E-state index contributed by atoms with van der Waals surface area (Å²) in [5, 5.41) is 5.41. The Morgan fingerprint density at radius 3 is 2.89 bits per heavy atom. The van der Waals surface area contributed by atoms with E-state index in [-0.39, 0.29) is 12.1 Å². The Balaban J connectivity index is 1.66. The Labute approximate surface area is 118 Å². The molecule has 4 nitrogen and oxygen atoms in total. The van der Waals surface area contributed by atoms with Gasteiger partial charge >= 0.3 is 0 Å². The van der Waals surface area contributed by atoms with Crippen LogP contribution in [0, 0.1) is 5.92 Å². The van der Waals surface area contributed by atoms with E-state index in [1.54, 1.807) is 11.3 Å². The van der Waals surface area contributed by atoms with Crippen LogP contribution >= 0.6 is 11.3 Å². The van der Waals surface area contributed by atoms with Crippen molar-refractivity contribution in [3.63, 3.8) is 0 Å². The van der Waals surface area contributed by atoms with Gasteiger partial charge in [0.25, 0.3) is 0 Å². The SMILES string of the molecule is CN1CCC(CN2C(=O)CNC2c2cccs2)CC1. The third-order valence-corrected chi connectivity index (χ3v) is 5.11. The molecule has 1 unspecified atom stereocenters. The lowest BCUT2D eigenvalue weighted by Gasteiger charge is -2.33. The molecule has 0 saturated carbocycles. The first-order chi connectivity index (χ1) is 9.24. The Morgan fingerprint density at radius 1 is 1.42 bits per heavy atom. The van der Waals surface area contributed by atoms with Gasteiger partial charge in [-0.15, -0.1) is 11.3 Å². The Morgan fingerprint density at radius 2 is 2.21 bits per heavy atom. The molecular formula is C14H21N3OS. The predicted molar refractivity (Wildman–Crippen MR) is 77.0 cm³/mol. The summed E-state index contributed by atoms with van der Waals surface area (Å²) in [4.78, 5) is 17.7. The van der Waals surface area contributed by atoms with Crippen LogP contribution in [0.15, 0.2) is 17.5 Å². The number of nitrogens with one attached hydrogen (secondary N) is 1. The van der Waals surface area contributed by atoms with E-state index in [9.17, 15) is 4.79 Å². The average Bonchev–Trinajstić information content (AvgIpc) is 3.03. The molecule has 1 aromatic heterocycles. The fourth-order valence-electron chi connectivity index (χ4n) is 2.97. The normalized spacial score (nSPS) is 26.3. The molecule has 2 aliphatic rings. The van der Waals surface area contributed by atoms with Gasteiger partial charge in [-0.3, -0.25) is 10.1 Å². The standard InChI is InChI=1S/C14H21N3OS/c1-16-6-4-11(5-7-16)10-17-13(18)9-15-14(17)12-3-2-8-19-12/h2-3,8,11,14-15H,4-7,9-10H2,1H3. The topological polar surface area (TPSA) is 35.6 Å². The van der Waals surface area contributed by atoms with Crippen molar-refractivity contribution in [2.75, 3.05) is 33.2 Å². The number of rotatable bonds is 3. The molecule has 5 heteroatoms. The van der Waals surface area contributed by atoms with Crippen LogP contribution < -0.4 is 5.32 Å². The smallest absolute Gasteiger partial charge is 0.238 e. The summed E-state index contributed by atoms with van der Waals surface area (Å²) < 4.78 is 0. The highest BCUT2D eigenvalue weighted by atomic mass is 32.1. The zero-order valence-electron chi connectivity index (χ0n) is 11.3. The molecule has 0 radical (unpaired) electrons. The lowest BCUT2D eigenvalue weighted by Crippen LogP contribution is -2.39. The molecule has 3 rings (SSSR count). The molecule has 0 aromatic carbocycles. The molecule has 2 aliphatic heterocycles. The van der Waals surface area contributed by atoms with Crippen LogP contribution in [0.5, 0.6) is 0 Å². The summed E-state index contributed by atoms with van der Waals surface area (Å²) in [5.41, 5.74) is 0. The van der Waals surface area contributed by atoms with Gasteiger partial charge in [0.1, 0.15) is 6.17 Å². The van der Waals surface area contributed by atoms with Crippen molar-refractivity contribution in [3.05, 3.63) is 22.4 Å². The van der Waals surface area contributed by atoms with Crippen LogP contribution in [0.1, 0.15) is 23.9 Å². The summed E-state index contributed by atoms with van der Waals surface area (Å²) in [6.45, 7) is 3.70. The van der Waals surface area contributed by atoms with Gasteiger partial charge in [0, 0.05) is 11.4 Å². The van der Waals surface area contributed by atoms with Gasteiger partial charge in [-0.2, -0.15) is 0 Å². The van der Waals surface area contributed by atoms with Crippen LogP contribution in [0.2, 0.25) is 0 Å². The number of hydrogen-bond acceptors (Lipinski definition) is 4. The van der Waals surface area contributed by atoms with Crippen molar-refractivity contribution in [1.82, 2.24) is 15.1 Å². The van der Waals surface area contributed by atoms with Gasteiger partial charge in [-0.05, 0) is 50.3 Å². The fourth-order valence-corrected chi connectivity index (χ4v) is 3.78. The summed E-state index contributed by atoms with van der Waals surface area (Å²) in [6.07, 6.45) is 2.52. The number of likely N-dealkylation sites (tertiary alicyclic amines) is 1. The summed E-state index contributed by atoms with van der Waals surface area (Å²) >= 11 is 1.72. The number of thiophene rings is 1. The number of nitrogens with zero attached hydrogens (tertiary/aromatic N) is 2. The minimum atomic E-state index is 0.104. The maximum atomic E-state index is 12.1. The van der Waals surface area contributed by atoms with Gasteiger partial charge in [-0.25, -0.2) is 0 Å². The van der Waals surface area contributed by atoms with Crippen LogP contribution in [-0.4, -0.2) is 48.9 Å². The molecule has 2 fully saturated rings. The van der Waals surface area contributed by atoms with Crippen molar-refractivity contribution >= 4 is 17.2 Å². The first-order valence-electron chi connectivity index (χ1n) is 6.99. The summed E-state index contributed by atoms with van der Waals surface area (Å²) in [6, 6.07) is 4.17. The first kappa shape index (κ1) is 13.1. The number of carbonyl (C=O) groups is 1. The molecule has 0 bridgehead atoms. The van der Waals surface area contributed by atoms with Gasteiger partial charge in [0.05, 0.1) is 6.54 Å². The molecule has 1 aromatic rings. The summed E-state index contributed by atoms with van der Waals surface area (Å²) in [5.74, 6) is 0.903. The molecule has 2 saturated heterocycles. The molecule has 1 atom stereocenters. The van der Waals surface area contributed by atoms with E-state index in [1.807, 2.05) is 4.90 Å². The van der Waals surface area contributed by atoms with Crippen LogP contribution in [0.25, 0.3) is 0 Å². The van der Waals surface area contributed by atoms with Gasteiger partial charge < -0.3 is 9.80 Å². The third-order valence-electron chi connectivity index (χ3n) is 4.18. The molecule has 1 amide bonds. The third kappa shape index (κ3) is 2.83. The predicted octanol–water partition coefficient (Wildman–Crippen LogP) is 1.52. The highest BCUT2D eigenvalue weighted by molar-refractivity contribution is 7.10. The molecule has 3 heterocycles. The molecular weight excluding hydrogens is 258 g/mol. The monoisotopic (exact) mass is 279 g/mol. The Kier molecular flexibility index (Phi) is 3.86. The van der Waals surface area contributed by atoms with Gasteiger partial charge in [0.2, 0.25) is 5.91 Å². The van der Waals surface area contributed by atoms with E-state index < -0.39 is 0 Å². The number of piperidine rings is 1. The number of hydrogen-bond donors (Lipinski definition) is 1. The lowest BCUT2D eigenvalue weighted by atomic mass is 9.96. The highest BCUT2D eigenvalue weighted by Crippen LogP contribution is 2.28. The largest absolute Gasteiger partial charge is 0.321 e. The molecule has 0 spiro atoms. The minimum absolute atomic E-state index is 0.104.